The number of ether oxygens (including phenoxy) is 1. The predicted octanol–water partition coefficient (Wildman–Crippen LogP) is 4.72. The maximum absolute atomic E-state index is 6.06. The van der Waals surface area contributed by atoms with E-state index >= 15 is 0 Å². The van der Waals surface area contributed by atoms with E-state index in [-0.39, 0.29) is 0 Å². The zero-order chi connectivity index (χ0) is 13.8. The molecule has 0 unspecified atom stereocenters. The van der Waals surface area contributed by atoms with Crippen LogP contribution in [-0.2, 0) is 13.0 Å². The third-order valence-corrected chi connectivity index (χ3v) is 3.58. The van der Waals surface area contributed by atoms with E-state index in [1.165, 1.54) is 0 Å². The molecule has 19 heavy (non-hydrogen) atoms. The number of hydrogen-bond donors (Lipinski definition) is 1. The molecule has 2 N–H and O–H groups in total. The lowest BCUT2D eigenvalue weighted by atomic mass is 10.1. The van der Waals surface area contributed by atoms with E-state index < -0.39 is 0 Å². The number of nitrogens with two attached hydrogens (primary N) is 1. The van der Waals surface area contributed by atoms with Gasteiger partial charge in [0, 0.05) is 5.02 Å². The van der Waals surface area contributed by atoms with Crippen LogP contribution in [0.15, 0.2) is 36.4 Å². The van der Waals surface area contributed by atoms with Gasteiger partial charge in [-0.3, -0.25) is 0 Å². The molecular weight excluding hydrogens is 281 g/mol. The highest BCUT2D eigenvalue weighted by Crippen LogP contribution is 2.24. The zero-order valence-electron chi connectivity index (χ0n) is 10.6. The van der Waals surface area contributed by atoms with Gasteiger partial charge in [-0.25, -0.2) is 0 Å². The molecule has 0 aliphatic rings. The fraction of sp³-hybridized carbons (Fsp3) is 0.200. The lowest BCUT2D eigenvalue weighted by Gasteiger charge is -2.09. The molecule has 2 rings (SSSR count). The average molecular weight is 296 g/mol. The minimum atomic E-state index is 0.451. The summed E-state index contributed by atoms with van der Waals surface area (Å²) in [6.45, 7) is 2.51. The third-order valence-electron chi connectivity index (χ3n) is 2.86. The summed E-state index contributed by atoms with van der Waals surface area (Å²) in [5.74, 6) is 0.801. The lowest BCUT2D eigenvalue weighted by Crippen LogP contribution is -1.97. The molecule has 0 saturated carbocycles. The van der Waals surface area contributed by atoms with Crippen LogP contribution in [0.5, 0.6) is 5.75 Å². The molecule has 0 aromatic heterocycles. The molecule has 0 aliphatic heterocycles. The maximum atomic E-state index is 6.06. The summed E-state index contributed by atoms with van der Waals surface area (Å²) in [7, 11) is 0. The molecule has 0 heterocycles. The molecule has 0 aliphatic carbocycles. The van der Waals surface area contributed by atoms with E-state index in [1.54, 1.807) is 6.07 Å². The minimum Gasteiger partial charge on any atom is -0.489 e. The van der Waals surface area contributed by atoms with Gasteiger partial charge in [-0.1, -0.05) is 36.2 Å². The first-order chi connectivity index (χ1) is 9.10. The van der Waals surface area contributed by atoms with Gasteiger partial charge in [0.05, 0.1) is 10.7 Å². The van der Waals surface area contributed by atoms with E-state index in [0.29, 0.717) is 17.3 Å². The van der Waals surface area contributed by atoms with Crippen LogP contribution >= 0.6 is 23.2 Å². The molecule has 0 radical (unpaired) electrons. The van der Waals surface area contributed by atoms with Crippen LogP contribution in [0.1, 0.15) is 18.1 Å². The zero-order valence-corrected chi connectivity index (χ0v) is 12.1. The summed E-state index contributed by atoms with van der Waals surface area (Å²) in [6, 6.07) is 11.2. The number of aryl methyl sites for hydroxylation is 1. The van der Waals surface area contributed by atoms with Crippen molar-refractivity contribution in [3.8, 4) is 5.75 Å². The van der Waals surface area contributed by atoms with Crippen molar-refractivity contribution in [2.75, 3.05) is 5.73 Å². The Kier molecular flexibility index (Phi) is 4.56. The number of nitrogen functional groups attached to an aromatic ring is 1. The van der Waals surface area contributed by atoms with Gasteiger partial charge < -0.3 is 10.5 Å². The van der Waals surface area contributed by atoms with Crippen molar-refractivity contribution in [2.24, 2.45) is 0 Å². The van der Waals surface area contributed by atoms with E-state index in [1.807, 2.05) is 30.3 Å². The summed E-state index contributed by atoms with van der Waals surface area (Å²) in [5, 5.41) is 1.33. The predicted molar refractivity (Wildman–Crippen MR) is 81.0 cm³/mol. The summed E-state index contributed by atoms with van der Waals surface area (Å²) in [4.78, 5) is 0. The quantitative estimate of drug-likeness (QED) is 0.829. The lowest BCUT2D eigenvalue weighted by molar-refractivity contribution is 0.306. The van der Waals surface area contributed by atoms with Gasteiger partial charge >= 0.3 is 0 Å². The smallest absolute Gasteiger partial charge is 0.120 e. The van der Waals surface area contributed by atoms with Crippen molar-refractivity contribution in [3.05, 3.63) is 57.6 Å². The van der Waals surface area contributed by atoms with Crippen LogP contribution in [0.3, 0.4) is 0 Å². The highest BCUT2D eigenvalue weighted by Gasteiger charge is 2.03. The summed E-state index contributed by atoms with van der Waals surface area (Å²) in [5.41, 5.74) is 8.37. The van der Waals surface area contributed by atoms with Gasteiger partial charge in [0.1, 0.15) is 12.4 Å². The molecule has 0 saturated heterocycles. The minimum absolute atomic E-state index is 0.451. The Morgan fingerprint density at radius 2 is 1.79 bits per heavy atom. The van der Waals surface area contributed by atoms with Crippen LogP contribution in [-0.4, -0.2) is 0 Å². The van der Waals surface area contributed by atoms with Crippen molar-refractivity contribution >= 4 is 28.9 Å². The molecule has 100 valence electrons. The molecule has 0 amide bonds. The molecule has 2 nitrogen and oxygen atoms in total. The van der Waals surface area contributed by atoms with Crippen LogP contribution in [0.25, 0.3) is 0 Å². The second-order valence-corrected chi connectivity index (χ2v) is 5.07. The van der Waals surface area contributed by atoms with Crippen molar-refractivity contribution < 1.29 is 4.74 Å². The molecule has 4 heteroatoms. The van der Waals surface area contributed by atoms with Gasteiger partial charge in [0.25, 0.3) is 0 Å². The van der Waals surface area contributed by atoms with Crippen molar-refractivity contribution in [1.82, 2.24) is 0 Å². The molecule has 0 bridgehead atoms. The van der Waals surface area contributed by atoms with Gasteiger partial charge in [-0.05, 0) is 47.9 Å². The number of anilines is 1. The van der Waals surface area contributed by atoms with E-state index in [2.05, 4.69) is 6.92 Å². The maximum Gasteiger partial charge on any atom is 0.120 e. The van der Waals surface area contributed by atoms with Gasteiger partial charge in [0.2, 0.25) is 0 Å². The molecule has 0 fully saturated rings. The van der Waals surface area contributed by atoms with Crippen molar-refractivity contribution in [3.63, 3.8) is 0 Å². The number of halogens is 2. The molecule has 2 aromatic carbocycles. The van der Waals surface area contributed by atoms with Gasteiger partial charge in [-0.15, -0.1) is 0 Å². The molecular formula is C15H15Cl2NO. The molecule has 0 spiro atoms. The highest BCUT2D eigenvalue weighted by molar-refractivity contribution is 6.33. The Morgan fingerprint density at radius 3 is 2.47 bits per heavy atom. The number of benzene rings is 2. The van der Waals surface area contributed by atoms with E-state index in [9.17, 15) is 0 Å². The molecule has 2 aromatic rings. The number of hydrogen-bond acceptors (Lipinski definition) is 2. The third kappa shape index (κ3) is 3.55. The summed E-state index contributed by atoms with van der Waals surface area (Å²) >= 11 is 11.9. The fourth-order valence-corrected chi connectivity index (χ4v) is 2.13. The van der Waals surface area contributed by atoms with E-state index in [0.717, 1.165) is 28.3 Å². The highest BCUT2D eigenvalue weighted by atomic mass is 35.5. The van der Waals surface area contributed by atoms with Crippen LogP contribution in [0, 0.1) is 0 Å². The van der Waals surface area contributed by atoms with E-state index in [4.69, 9.17) is 33.7 Å². The van der Waals surface area contributed by atoms with Crippen LogP contribution in [0.4, 0.5) is 5.69 Å². The second-order valence-electron chi connectivity index (χ2n) is 4.25. The van der Waals surface area contributed by atoms with Crippen LogP contribution in [0.2, 0.25) is 10.0 Å². The van der Waals surface area contributed by atoms with Gasteiger partial charge in [-0.2, -0.15) is 0 Å². The van der Waals surface area contributed by atoms with Gasteiger partial charge in [0.15, 0.2) is 0 Å². The normalized spacial score (nSPS) is 10.5. The Labute approximate surface area is 123 Å². The summed E-state index contributed by atoms with van der Waals surface area (Å²) in [6.07, 6.45) is 0.879. The largest absolute Gasteiger partial charge is 0.489 e. The van der Waals surface area contributed by atoms with Crippen molar-refractivity contribution in [1.29, 1.82) is 0 Å². The standard InChI is InChI=1S/C15H15Cl2NO/c1-2-11-8-12(4-6-13(11)16)19-9-10-3-5-14(17)15(18)7-10/h3-8H,2,9,18H2,1H3. The second kappa shape index (κ2) is 6.18. The first-order valence-electron chi connectivity index (χ1n) is 6.05. The summed E-state index contributed by atoms with van der Waals surface area (Å²) < 4.78 is 5.73. The monoisotopic (exact) mass is 295 g/mol. The number of rotatable bonds is 4. The SMILES string of the molecule is CCc1cc(OCc2ccc(Cl)c(N)c2)ccc1Cl. The van der Waals surface area contributed by atoms with Crippen molar-refractivity contribution in [2.45, 2.75) is 20.0 Å². The topological polar surface area (TPSA) is 35.2 Å². The Balaban J connectivity index is 2.07. The average Bonchev–Trinajstić information content (AvgIpc) is 2.41. The first-order valence-corrected chi connectivity index (χ1v) is 6.81. The van der Waals surface area contributed by atoms with Crippen LogP contribution < -0.4 is 10.5 Å². The molecule has 0 atom stereocenters. The Hall–Kier alpha value is -1.38. The first kappa shape index (κ1) is 14.0. The Morgan fingerprint density at radius 1 is 1.05 bits per heavy atom. The fourth-order valence-electron chi connectivity index (χ4n) is 1.76. The Bertz CT molecular complexity index is 584.